The molecule has 1 heterocycles. The van der Waals surface area contributed by atoms with Crippen molar-refractivity contribution < 1.29 is 0 Å². The monoisotopic (exact) mass is 236 g/mol. The second kappa shape index (κ2) is 6.55. The number of hydrogen-bond donors (Lipinski definition) is 1. The van der Waals surface area contributed by atoms with Gasteiger partial charge in [-0.2, -0.15) is 0 Å². The highest BCUT2D eigenvalue weighted by atomic mass is 15.2. The van der Waals surface area contributed by atoms with Gasteiger partial charge in [0.05, 0.1) is 0 Å². The Labute approximate surface area is 106 Å². The van der Waals surface area contributed by atoms with Crippen molar-refractivity contribution in [1.29, 1.82) is 0 Å². The minimum Gasteiger partial charge on any atom is -0.311 e. The van der Waals surface area contributed by atoms with Gasteiger partial charge in [-0.3, -0.25) is 0 Å². The Morgan fingerprint density at radius 1 is 1.41 bits per heavy atom. The van der Waals surface area contributed by atoms with Crippen LogP contribution < -0.4 is 5.32 Å². The molecule has 0 amide bonds. The van der Waals surface area contributed by atoms with Crippen LogP contribution in [0.5, 0.6) is 0 Å². The lowest BCUT2D eigenvalue weighted by atomic mass is 9.92. The van der Waals surface area contributed by atoms with Gasteiger partial charge in [0.25, 0.3) is 0 Å². The van der Waals surface area contributed by atoms with Crippen LogP contribution in [0.2, 0.25) is 0 Å². The van der Waals surface area contributed by atoms with Gasteiger partial charge < -0.3 is 10.2 Å². The molecule has 0 saturated carbocycles. The molecule has 0 radical (unpaired) electrons. The molecule has 3 atom stereocenters. The van der Waals surface area contributed by atoms with E-state index in [1.54, 1.807) is 0 Å². The number of rotatable bonds is 4. The van der Waals surface area contributed by atoms with Crippen molar-refractivity contribution in [3.8, 4) is 0 Å². The topological polar surface area (TPSA) is 15.3 Å². The predicted molar refractivity (Wildman–Crippen MR) is 74.2 cm³/mol. The van der Waals surface area contributed by atoms with E-state index in [0.717, 1.165) is 11.8 Å². The van der Waals surface area contributed by atoms with Crippen molar-refractivity contribution in [3.63, 3.8) is 0 Å². The number of nitrogens with zero attached hydrogens (tertiary/aromatic N) is 1. The van der Waals surface area contributed by atoms with E-state index in [-0.39, 0.29) is 0 Å². The molecule has 0 aromatic heterocycles. The van der Waals surface area contributed by atoms with Crippen LogP contribution in [0.15, 0.2) is 12.2 Å². The van der Waals surface area contributed by atoms with Crippen LogP contribution in [0.3, 0.4) is 0 Å². The Morgan fingerprint density at radius 3 is 3.00 bits per heavy atom. The highest BCUT2D eigenvalue weighted by Gasteiger charge is 2.24. The summed E-state index contributed by atoms with van der Waals surface area (Å²) in [6.45, 7) is 9.68. The van der Waals surface area contributed by atoms with E-state index in [1.807, 2.05) is 0 Å². The lowest BCUT2D eigenvalue weighted by Gasteiger charge is -2.38. The first-order valence-electron chi connectivity index (χ1n) is 7.40. The van der Waals surface area contributed by atoms with Gasteiger partial charge in [-0.1, -0.05) is 32.4 Å². The first-order valence-corrected chi connectivity index (χ1v) is 7.40. The molecule has 2 aliphatic rings. The molecule has 0 bridgehead atoms. The number of hydrogen-bond acceptors (Lipinski definition) is 2. The third kappa shape index (κ3) is 3.82. The second-order valence-corrected chi connectivity index (χ2v) is 5.86. The van der Waals surface area contributed by atoms with Crippen LogP contribution in [-0.2, 0) is 0 Å². The van der Waals surface area contributed by atoms with Crippen molar-refractivity contribution in [2.75, 3.05) is 26.2 Å². The van der Waals surface area contributed by atoms with Crippen LogP contribution >= 0.6 is 0 Å². The van der Waals surface area contributed by atoms with Crippen molar-refractivity contribution >= 4 is 0 Å². The SMILES string of the molecule is CCC(C)C1CN(CC2CC=CCC2)CCN1. The molecule has 98 valence electrons. The third-order valence-corrected chi connectivity index (χ3v) is 4.51. The normalized spacial score (nSPS) is 32.6. The molecule has 0 aromatic rings. The molecule has 2 rings (SSSR count). The molecule has 0 aromatic carbocycles. The smallest absolute Gasteiger partial charge is 0.0221 e. The quantitative estimate of drug-likeness (QED) is 0.755. The minimum absolute atomic E-state index is 0.716. The van der Waals surface area contributed by atoms with E-state index in [0.29, 0.717) is 6.04 Å². The summed E-state index contributed by atoms with van der Waals surface area (Å²) in [5, 5.41) is 3.68. The molecule has 1 N–H and O–H groups in total. The Kier molecular flexibility index (Phi) is 5.05. The molecular formula is C15H28N2. The maximum atomic E-state index is 3.68. The first-order chi connectivity index (χ1) is 8.29. The van der Waals surface area contributed by atoms with E-state index < -0.39 is 0 Å². The molecule has 17 heavy (non-hydrogen) atoms. The largest absolute Gasteiger partial charge is 0.311 e. The third-order valence-electron chi connectivity index (χ3n) is 4.51. The summed E-state index contributed by atoms with van der Waals surface area (Å²) in [6.07, 6.45) is 10.0. The summed E-state index contributed by atoms with van der Waals surface area (Å²) < 4.78 is 0. The number of allylic oxidation sites excluding steroid dienone is 2. The van der Waals surface area contributed by atoms with E-state index in [9.17, 15) is 0 Å². The Hall–Kier alpha value is -0.340. The Balaban J connectivity index is 1.78. The fraction of sp³-hybridized carbons (Fsp3) is 0.867. The van der Waals surface area contributed by atoms with E-state index in [1.165, 1.54) is 51.9 Å². The van der Waals surface area contributed by atoms with Gasteiger partial charge in [-0.15, -0.1) is 0 Å². The van der Waals surface area contributed by atoms with Gasteiger partial charge >= 0.3 is 0 Å². The van der Waals surface area contributed by atoms with Gasteiger partial charge in [0.1, 0.15) is 0 Å². The fourth-order valence-electron chi connectivity index (χ4n) is 3.06. The molecule has 2 nitrogen and oxygen atoms in total. The Morgan fingerprint density at radius 2 is 2.29 bits per heavy atom. The average molecular weight is 236 g/mol. The lowest BCUT2D eigenvalue weighted by molar-refractivity contribution is 0.145. The molecular weight excluding hydrogens is 208 g/mol. The number of piperazine rings is 1. The standard InChI is InChI=1S/C15H28N2/c1-3-13(2)15-12-17(10-9-16-15)11-14-7-5-4-6-8-14/h4-5,13-16H,3,6-12H2,1-2H3. The maximum absolute atomic E-state index is 3.68. The molecule has 1 aliphatic carbocycles. The predicted octanol–water partition coefficient (Wildman–Crippen LogP) is 2.66. The van der Waals surface area contributed by atoms with Crippen LogP contribution in [0.25, 0.3) is 0 Å². The van der Waals surface area contributed by atoms with Crippen LogP contribution in [0.1, 0.15) is 39.5 Å². The highest BCUT2D eigenvalue weighted by Crippen LogP contribution is 2.21. The van der Waals surface area contributed by atoms with Crippen molar-refractivity contribution in [1.82, 2.24) is 10.2 Å². The van der Waals surface area contributed by atoms with Gasteiger partial charge in [-0.05, 0) is 31.1 Å². The summed E-state index contributed by atoms with van der Waals surface area (Å²) in [4.78, 5) is 2.69. The molecule has 3 unspecified atom stereocenters. The van der Waals surface area contributed by atoms with Crippen molar-refractivity contribution in [2.45, 2.75) is 45.6 Å². The van der Waals surface area contributed by atoms with E-state index in [4.69, 9.17) is 0 Å². The van der Waals surface area contributed by atoms with Crippen LogP contribution in [0.4, 0.5) is 0 Å². The number of nitrogens with one attached hydrogen (secondary N) is 1. The zero-order valence-electron chi connectivity index (χ0n) is 11.5. The van der Waals surface area contributed by atoms with E-state index in [2.05, 4.69) is 36.2 Å². The minimum atomic E-state index is 0.716. The summed E-state index contributed by atoms with van der Waals surface area (Å²) in [5.41, 5.74) is 0. The molecule has 1 aliphatic heterocycles. The maximum Gasteiger partial charge on any atom is 0.0221 e. The molecule has 1 fully saturated rings. The van der Waals surface area contributed by atoms with Crippen molar-refractivity contribution in [3.05, 3.63) is 12.2 Å². The van der Waals surface area contributed by atoms with Gasteiger partial charge in [-0.25, -0.2) is 0 Å². The zero-order valence-corrected chi connectivity index (χ0v) is 11.5. The summed E-state index contributed by atoms with van der Waals surface area (Å²) in [5.74, 6) is 1.72. The van der Waals surface area contributed by atoms with Gasteiger partial charge in [0, 0.05) is 32.2 Å². The van der Waals surface area contributed by atoms with Crippen LogP contribution in [0, 0.1) is 11.8 Å². The summed E-state index contributed by atoms with van der Waals surface area (Å²) in [7, 11) is 0. The first kappa shape index (κ1) is 13.1. The van der Waals surface area contributed by atoms with E-state index >= 15 is 0 Å². The highest BCUT2D eigenvalue weighted by molar-refractivity contribution is 4.92. The average Bonchev–Trinajstić information content (AvgIpc) is 2.39. The van der Waals surface area contributed by atoms with Gasteiger partial charge in [0.15, 0.2) is 0 Å². The lowest BCUT2D eigenvalue weighted by Crippen LogP contribution is -2.54. The summed E-state index contributed by atoms with van der Waals surface area (Å²) in [6, 6.07) is 0.716. The van der Waals surface area contributed by atoms with Crippen molar-refractivity contribution in [2.24, 2.45) is 11.8 Å². The molecule has 2 heteroatoms. The summed E-state index contributed by atoms with van der Waals surface area (Å²) >= 11 is 0. The fourth-order valence-corrected chi connectivity index (χ4v) is 3.06. The van der Waals surface area contributed by atoms with Crippen LogP contribution in [-0.4, -0.2) is 37.1 Å². The molecule has 0 spiro atoms. The molecule has 1 saturated heterocycles. The second-order valence-electron chi connectivity index (χ2n) is 5.86. The zero-order chi connectivity index (χ0) is 12.1. The Bertz CT molecular complexity index is 249. The van der Waals surface area contributed by atoms with Gasteiger partial charge in [0.2, 0.25) is 0 Å².